The van der Waals surface area contributed by atoms with Crippen molar-refractivity contribution < 1.29 is 4.74 Å². The van der Waals surface area contributed by atoms with E-state index >= 15 is 0 Å². The highest BCUT2D eigenvalue weighted by Gasteiger charge is 2.21. The maximum absolute atomic E-state index is 5.56. The molecule has 16 heavy (non-hydrogen) atoms. The molecule has 94 valence electrons. The first-order valence-electron chi connectivity index (χ1n) is 5.96. The number of rotatable bonds is 6. The van der Waals surface area contributed by atoms with Crippen LogP contribution in [0.5, 0.6) is 0 Å². The van der Waals surface area contributed by atoms with Crippen LogP contribution in [0.4, 0.5) is 0 Å². The molecule has 0 aromatic heterocycles. The minimum absolute atomic E-state index is 0.237. The first kappa shape index (κ1) is 13.3. The maximum Gasteiger partial charge on any atom is 0.208 e. The lowest BCUT2D eigenvalue weighted by atomic mass is 10.4. The van der Waals surface area contributed by atoms with E-state index in [0.717, 1.165) is 25.7 Å². The van der Waals surface area contributed by atoms with Crippen molar-refractivity contribution in [2.45, 2.75) is 32.7 Å². The molecule has 0 aromatic rings. The monoisotopic (exact) mass is 228 g/mol. The van der Waals surface area contributed by atoms with Gasteiger partial charge in [-0.05, 0) is 32.6 Å². The highest BCUT2D eigenvalue weighted by atomic mass is 16.5. The molecule has 3 N–H and O–H groups in total. The van der Waals surface area contributed by atoms with E-state index in [-0.39, 0.29) is 6.04 Å². The Morgan fingerprint density at radius 1 is 1.56 bits per heavy atom. The average molecular weight is 228 g/mol. The summed E-state index contributed by atoms with van der Waals surface area (Å²) in [7, 11) is 1.96. The number of nitrogens with zero attached hydrogens (tertiary/aromatic N) is 2. The molecule has 1 saturated carbocycles. The Kier molecular flexibility index (Phi) is 5.55. The van der Waals surface area contributed by atoms with Gasteiger partial charge in [-0.25, -0.2) is 10.8 Å². The number of ether oxygens (including phenoxy) is 1. The number of hydrogen-bond donors (Lipinski definition) is 2. The number of nitrogens with two attached hydrogens (primary N) is 1. The van der Waals surface area contributed by atoms with Crippen molar-refractivity contribution in [1.82, 2.24) is 10.3 Å². The molecular weight excluding hydrogens is 204 g/mol. The van der Waals surface area contributed by atoms with Gasteiger partial charge in [0.15, 0.2) is 0 Å². The molecule has 0 aromatic carbocycles. The minimum Gasteiger partial charge on any atom is -0.379 e. The summed E-state index contributed by atoms with van der Waals surface area (Å²) in [4.78, 5) is 6.35. The summed E-state index contributed by atoms with van der Waals surface area (Å²) in [5.74, 6) is 6.96. The molecule has 0 heterocycles. The molecule has 1 aliphatic rings. The number of nitrogens with one attached hydrogen (secondary N) is 1. The fourth-order valence-corrected chi connectivity index (χ4v) is 1.33. The predicted octanol–water partition coefficient (Wildman–Crippen LogP) is 0.573. The quantitative estimate of drug-likeness (QED) is 0.229. The van der Waals surface area contributed by atoms with E-state index in [4.69, 9.17) is 10.6 Å². The van der Waals surface area contributed by atoms with E-state index in [0.29, 0.717) is 5.96 Å². The van der Waals surface area contributed by atoms with Gasteiger partial charge in [0.1, 0.15) is 0 Å². The van der Waals surface area contributed by atoms with Crippen molar-refractivity contribution in [3.8, 4) is 0 Å². The Balaban J connectivity index is 2.17. The lowest BCUT2D eigenvalue weighted by Crippen LogP contribution is -2.44. The van der Waals surface area contributed by atoms with E-state index in [9.17, 15) is 0 Å². The summed E-state index contributed by atoms with van der Waals surface area (Å²) >= 11 is 0. The molecule has 0 bridgehead atoms. The van der Waals surface area contributed by atoms with Gasteiger partial charge in [-0.15, -0.1) is 0 Å². The van der Waals surface area contributed by atoms with Crippen LogP contribution in [0.25, 0.3) is 0 Å². The van der Waals surface area contributed by atoms with Crippen LogP contribution in [-0.4, -0.2) is 43.7 Å². The Morgan fingerprint density at radius 2 is 2.25 bits per heavy atom. The predicted molar refractivity (Wildman–Crippen MR) is 66.1 cm³/mol. The summed E-state index contributed by atoms with van der Waals surface area (Å²) in [6.07, 6.45) is 2.67. The number of likely N-dealkylation sites (N-methyl/N-ethyl adjacent to an activating group) is 1. The maximum atomic E-state index is 5.56. The lowest BCUT2D eigenvalue weighted by Gasteiger charge is -2.21. The SMILES string of the molecule is CC(C)N=C(NN)N(C)CCOCC1CC1. The number of hydrogen-bond acceptors (Lipinski definition) is 3. The van der Waals surface area contributed by atoms with E-state index in [1.807, 2.05) is 25.8 Å². The van der Waals surface area contributed by atoms with Crippen molar-refractivity contribution in [2.24, 2.45) is 16.8 Å². The highest BCUT2D eigenvalue weighted by molar-refractivity contribution is 5.79. The van der Waals surface area contributed by atoms with Crippen molar-refractivity contribution >= 4 is 5.96 Å². The van der Waals surface area contributed by atoms with Gasteiger partial charge in [0.2, 0.25) is 5.96 Å². The first-order chi connectivity index (χ1) is 7.63. The van der Waals surface area contributed by atoms with Gasteiger partial charge in [0.05, 0.1) is 6.61 Å². The van der Waals surface area contributed by atoms with E-state index in [1.54, 1.807) is 0 Å². The van der Waals surface area contributed by atoms with Crippen LogP contribution in [0.1, 0.15) is 26.7 Å². The summed E-state index contributed by atoms with van der Waals surface area (Å²) in [5.41, 5.74) is 2.62. The van der Waals surface area contributed by atoms with Gasteiger partial charge in [0.25, 0.3) is 0 Å². The van der Waals surface area contributed by atoms with Crippen molar-refractivity contribution in [3.63, 3.8) is 0 Å². The number of aliphatic imine (C=N–C) groups is 1. The summed E-state index contributed by atoms with van der Waals surface area (Å²) in [6, 6.07) is 0.237. The zero-order valence-electron chi connectivity index (χ0n) is 10.6. The van der Waals surface area contributed by atoms with Gasteiger partial charge in [-0.1, -0.05) is 0 Å². The van der Waals surface area contributed by atoms with Crippen molar-refractivity contribution in [1.29, 1.82) is 0 Å². The fraction of sp³-hybridized carbons (Fsp3) is 0.909. The molecule has 0 atom stereocenters. The number of hydrazine groups is 1. The Hall–Kier alpha value is -0.810. The number of guanidine groups is 1. The standard InChI is InChI=1S/C11H24N4O/c1-9(2)13-11(14-12)15(3)6-7-16-8-10-4-5-10/h9-10H,4-8,12H2,1-3H3,(H,13,14). The Labute approximate surface area is 98.0 Å². The summed E-state index contributed by atoms with van der Waals surface area (Å²) in [5, 5.41) is 0. The van der Waals surface area contributed by atoms with E-state index in [2.05, 4.69) is 10.4 Å². The van der Waals surface area contributed by atoms with Gasteiger partial charge in [0, 0.05) is 26.2 Å². The van der Waals surface area contributed by atoms with Crippen LogP contribution in [0.15, 0.2) is 4.99 Å². The van der Waals surface area contributed by atoms with Crippen LogP contribution in [-0.2, 0) is 4.74 Å². The second kappa shape index (κ2) is 6.70. The molecular formula is C11H24N4O. The first-order valence-corrected chi connectivity index (χ1v) is 5.96. The topological polar surface area (TPSA) is 62.9 Å². The van der Waals surface area contributed by atoms with Gasteiger partial charge in [-0.2, -0.15) is 0 Å². The van der Waals surface area contributed by atoms with Gasteiger partial charge < -0.3 is 9.64 Å². The molecule has 0 amide bonds. The molecule has 1 rings (SSSR count). The van der Waals surface area contributed by atoms with Crippen LogP contribution in [0.3, 0.4) is 0 Å². The smallest absolute Gasteiger partial charge is 0.208 e. The highest BCUT2D eigenvalue weighted by Crippen LogP contribution is 2.28. The summed E-state index contributed by atoms with van der Waals surface area (Å²) in [6.45, 7) is 6.48. The third-order valence-corrected chi connectivity index (χ3v) is 2.49. The summed E-state index contributed by atoms with van der Waals surface area (Å²) < 4.78 is 5.56. The van der Waals surface area contributed by atoms with Crippen LogP contribution in [0, 0.1) is 5.92 Å². The molecule has 0 aliphatic heterocycles. The molecule has 5 heteroatoms. The molecule has 0 unspecified atom stereocenters. The average Bonchev–Trinajstić information content (AvgIpc) is 3.04. The van der Waals surface area contributed by atoms with Crippen LogP contribution < -0.4 is 11.3 Å². The van der Waals surface area contributed by atoms with E-state index in [1.165, 1.54) is 12.8 Å². The molecule has 0 spiro atoms. The minimum atomic E-state index is 0.237. The largest absolute Gasteiger partial charge is 0.379 e. The van der Waals surface area contributed by atoms with Gasteiger partial charge in [-0.3, -0.25) is 5.43 Å². The molecule has 5 nitrogen and oxygen atoms in total. The fourth-order valence-electron chi connectivity index (χ4n) is 1.33. The second-order valence-electron chi connectivity index (χ2n) is 4.63. The normalized spacial score (nSPS) is 16.7. The lowest BCUT2D eigenvalue weighted by molar-refractivity contribution is 0.115. The molecule has 0 radical (unpaired) electrons. The van der Waals surface area contributed by atoms with Crippen LogP contribution >= 0.6 is 0 Å². The molecule has 0 saturated heterocycles. The van der Waals surface area contributed by atoms with Crippen molar-refractivity contribution in [3.05, 3.63) is 0 Å². The molecule has 1 fully saturated rings. The zero-order valence-corrected chi connectivity index (χ0v) is 10.6. The van der Waals surface area contributed by atoms with Crippen LogP contribution in [0.2, 0.25) is 0 Å². The zero-order chi connectivity index (χ0) is 12.0. The third kappa shape index (κ3) is 5.32. The second-order valence-corrected chi connectivity index (χ2v) is 4.63. The Morgan fingerprint density at radius 3 is 2.75 bits per heavy atom. The third-order valence-electron chi connectivity index (χ3n) is 2.49. The van der Waals surface area contributed by atoms with Crippen molar-refractivity contribution in [2.75, 3.05) is 26.8 Å². The molecule has 1 aliphatic carbocycles. The van der Waals surface area contributed by atoms with E-state index < -0.39 is 0 Å². The van der Waals surface area contributed by atoms with Gasteiger partial charge >= 0.3 is 0 Å². The Bertz CT molecular complexity index is 226.